The fraction of sp³-hybridized carbons (Fsp3) is 1.00. The van der Waals surface area contributed by atoms with Crippen molar-refractivity contribution in [3.8, 4) is 0 Å². The zero-order valence-corrected chi connectivity index (χ0v) is 7.88. The summed E-state index contributed by atoms with van der Waals surface area (Å²) in [5, 5.41) is 0. The van der Waals surface area contributed by atoms with Gasteiger partial charge in [-0.2, -0.15) is 0 Å². The number of likely N-dealkylation sites (tertiary alicyclic amines) is 1. The molecule has 0 amide bonds. The second-order valence-electron chi connectivity index (χ2n) is 4.00. The molecule has 2 heteroatoms. The predicted octanol–water partition coefficient (Wildman–Crippen LogP) is 0.921. The normalized spacial score (nSPS) is 33.5. The predicted molar refractivity (Wildman–Crippen MR) is 48.4 cm³/mol. The first-order chi connectivity index (χ1) is 5.16. The molecule has 0 aliphatic carbocycles. The molecule has 1 aliphatic rings. The minimum atomic E-state index is 0.722. The van der Waals surface area contributed by atoms with Gasteiger partial charge in [0.15, 0.2) is 0 Å². The van der Waals surface area contributed by atoms with E-state index >= 15 is 0 Å². The molecular formula is C9H20N2. The smallest absolute Gasteiger partial charge is 0.0156 e. The van der Waals surface area contributed by atoms with Gasteiger partial charge in [-0.1, -0.05) is 13.8 Å². The molecule has 0 bridgehead atoms. The molecular weight excluding hydrogens is 136 g/mol. The third kappa shape index (κ3) is 1.74. The van der Waals surface area contributed by atoms with Crippen LogP contribution in [-0.4, -0.2) is 31.1 Å². The first-order valence-electron chi connectivity index (χ1n) is 4.57. The highest BCUT2D eigenvalue weighted by Crippen LogP contribution is 2.27. The lowest BCUT2D eigenvalue weighted by molar-refractivity contribution is 0.213. The van der Waals surface area contributed by atoms with Gasteiger partial charge in [0, 0.05) is 6.04 Å². The van der Waals surface area contributed by atoms with Crippen LogP contribution in [-0.2, 0) is 0 Å². The van der Waals surface area contributed by atoms with Gasteiger partial charge in [0.1, 0.15) is 0 Å². The van der Waals surface area contributed by atoms with E-state index in [1.807, 2.05) is 0 Å². The Bertz CT molecular complexity index is 123. The van der Waals surface area contributed by atoms with Gasteiger partial charge in [-0.3, -0.25) is 0 Å². The van der Waals surface area contributed by atoms with E-state index in [9.17, 15) is 0 Å². The molecule has 11 heavy (non-hydrogen) atoms. The molecule has 2 atom stereocenters. The monoisotopic (exact) mass is 156 g/mol. The highest BCUT2D eigenvalue weighted by Gasteiger charge is 2.32. The molecule has 0 aromatic rings. The van der Waals surface area contributed by atoms with Crippen molar-refractivity contribution in [1.82, 2.24) is 4.90 Å². The van der Waals surface area contributed by atoms with Crippen LogP contribution in [0.3, 0.4) is 0 Å². The van der Waals surface area contributed by atoms with Crippen molar-refractivity contribution in [2.45, 2.75) is 26.3 Å². The van der Waals surface area contributed by atoms with E-state index < -0.39 is 0 Å². The molecule has 1 fully saturated rings. The molecule has 1 aliphatic heterocycles. The summed E-state index contributed by atoms with van der Waals surface area (Å²) in [6.07, 6.45) is 1.29. The molecule has 0 aromatic heterocycles. The Hall–Kier alpha value is -0.0800. The summed E-state index contributed by atoms with van der Waals surface area (Å²) in [5.74, 6) is 1.48. The van der Waals surface area contributed by atoms with Gasteiger partial charge in [0.2, 0.25) is 0 Å². The van der Waals surface area contributed by atoms with Crippen LogP contribution < -0.4 is 5.73 Å². The largest absolute Gasteiger partial charge is 0.330 e. The zero-order valence-electron chi connectivity index (χ0n) is 7.88. The molecule has 1 heterocycles. The van der Waals surface area contributed by atoms with Crippen LogP contribution in [0.1, 0.15) is 20.3 Å². The van der Waals surface area contributed by atoms with E-state index in [-0.39, 0.29) is 0 Å². The second kappa shape index (κ2) is 3.55. The third-order valence-electron chi connectivity index (χ3n) is 2.83. The molecule has 1 rings (SSSR count). The number of nitrogens with two attached hydrogens (primary N) is 1. The van der Waals surface area contributed by atoms with Gasteiger partial charge in [-0.05, 0) is 38.4 Å². The fourth-order valence-electron chi connectivity index (χ4n) is 2.36. The summed E-state index contributed by atoms with van der Waals surface area (Å²) in [6.45, 7) is 6.65. The van der Waals surface area contributed by atoms with Gasteiger partial charge in [-0.15, -0.1) is 0 Å². The quantitative estimate of drug-likeness (QED) is 0.644. The molecule has 0 aromatic carbocycles. The van der Waals surface area contributed by atoms with Crippen molar-refractivity contribution >= 4 is 0 Å². The van der Waals surface area contributed by atoms with Crippen molar-refractivity contribution in [2.75, 3.05) is 20.1 Å². The van der Waals surface area contributed by atoms with E-state index in [0.29, 0.717) is 0 Å². The Morgan fingerprint density at radius 2 is 2.18 bits per heavy atom. The Kier molecular flexibility index (Phi) is 2.90. The molecule has 0 spiro atoms. The standard InChI is InChI=1S/C9H20N2/c1-7(2)9-8(6-10)4-5-11(9)3/h7-9H,4-6,10H2,1-3H3/t8?,9-/m1/s1. The van der Waals surface area contributed by atoms with Gasteiger partial charge >= 0.3 is 0 Å². The highest BCUT2D eigenvalue weighted by molar-refractivity contribution is 4.87. The minimum Gasteiger partial charge on any atom is -0.330 e. The van der Waals surface area contributed by atoms with Crippen LogP contribution in [0.25, 0.3) is 0 Å². The third-order valence-corrected chi connectivity index (χ3v) is 2.83. The molecule has 1 unspecified atom stereocenters. The fourth-order valence-corrected chi connectivity index (χ4v) is 2.36. The van der Waals surface area contributed by atoms with Crippen molar-refractivity contribution in [2.24, 2.45) is 17.6 Å². The van der Waals surface area contributed by atoms with Crippen LogP contribution in [0.5, 0.6) is 0 Å². The lowest BCUT2D eigenvalue weighted by atomic mass is 9.91. The van der Waals surface area contributed by atoms with Gasteiger partial charge < -0.3 is 10.6 Å². The van der Waals surface area contributed by atoms with E-state index in [4.69, 9.17) is 5.73 Å². The van der Waals surface area contributed by atoms with Crippen LogP contribution in [0, 0.1) is 11.8 Å². The summed E-state index contributed by atoms with van der Waals surface area (Å²) < 4.78 is 0. The van der Waals surface area contributed by atoms with Crippen molar-refractivity contribution in [1.29, 1.82) is 0 Å². The lowest BCUT2D eigenvalue weighted by Gasteiger charge is -2.27. The molecule has 1 saturated heterocycles. The Morgan fingerprint density at radius 1 is 1.55 bits per heavy atom. The Labute approximate surface area is 69.8 Å². The zero-order chi connectivity index (χ0) is 8.43. The number of hydrogen-bond donors (Lipinski definition) is 1. The summed E-state index contributed by atoms with van der Waals surface area (Å²) in [5.41, 5.74) is 5.70. The Balaban J connectivity index is 2.56. The number of hydrogen-bond acceptors (Lipinski definition) is 2. The minimum absolute atomic E-state index is 0.722. The van der Waals surface area contributed by atoms with Gasteiger partial charge in [0.05, 0.1) is 0 Å². The van der Waals surface area contributed by atoms with Gasteiger partial charge in [-0.25, -0.2) is 0 Å². The van der Waals surface area contributed by atoms with E-state index in [1.165, 1.54) is 13.0 Å². The van der Waals surface area contributed by atoms with Crippen LogP contribution in [0.2, 0.25) is 0 Å². The van der Waals surface area contributed by atoms with Crippen molar-refractivity contribution in [3.63, 3.8) is 0 Å². The lowest BCUT2D eigenvalue weighted by Crippen LogP contribution is -2.36. The molecule has 2 nitrogen and oxygen atoms in total. The topological polar surface area (TPSA) is 29.3 Å². The van der Waals surface area contributed by atoms with E-state index in [0.717, 1.165) is 24.4 Å². The average molecular weight is 156 g/mol. The van der Waals surface area contributed by atoms with Crippen molar-refractivity contribution in [3.05, 3.63) is 0 Å². The maximum absolute atomic E-state index is 5.70. The van der Waals surface area contributed by atoms with E-state index in [1.54, 1.807) is 0 Å². The molecule has 66 valence electrons. The summed E-state index contributed by atoms with van der Waals surface area (Å²) in [7, 11) is 2.21. The molecule has 2 N–H and O–H groups in total. The van der Waals surface area contributed by atoms with Crippen LogP contribution >= 0.6 is 0 Å². The van der Waals surface area contributed by atoms with E-state index in [2.05, 4.69) is 25.8 Å². The maximum atomic E-state index is 5.70. The molecule has 0 saturated carbocycles. The van der Waals surface area contributed by atoms with Crippen molar-refractivity contribution < 1.29 is 0 Å². The maximum Gasteiger partial charge on any atom is 0.0156 e. The van der Waals surface area contributed by atoms with Gasteiger partial charge in [0.25, 0.3) is 0 Å². The summed E-state index contributed by atoms with van der Waals surface area (Å²) in [6, 6.07) is 0.722. The number of nitrogens with zero attached hydrogens (tertiary/aromatic N) is 1. The van der Waals surface area contributed by atoms with Crippen LogP contribution in [0.15, 0.2) is 0 Å². The first kappa shape index (κ1) is 9.01. The number of rotatable bonds is 2. The highest BCUT2D eigenvalue weighted by atomic mass is 15.2. The molecule has 0 radical (unpaired) electrons. The Morgan fingerprint density at radius 3 is 2.55 bits per heavy atom. The second-order valence-corrected chi connectivity index (χ2v) is 4.00. The summed E-state index contributed by atoms with van der Waals surface area (Å²) >= 11 is 0. The first-order valence-corrected chi connectivity index (χ1v) is 4.57. The SMILES string of the molecule is CC(C)[C@@H]1C(CN)CCN1C. The average Bonchev–Trinajstić information content (AvgIpc) is 2.30. The van der Waals surface area contributed by atoms with Crippen LogP contribution in [0.4, 0.5) is 0 Å². The summed E-state index contributed by atoms with van der Waals surface area (Å²) in [4.78, 5) is 2.45.